The van der Waals surface area contributed by atoms with E-state index in [1.54, 1.807) is 0 Å². The van der Waals surface area contributed by atoms with Gasteiger partial charge in [0.05, 0.1) is 6.61 Å². The molecule has 0 radical (unpaired) electrons. The van der Waals surface area contributed by atoms with Crippen molar-refractivity contribution in [1.29, 1.82) is 0 Å². The molecular weight excluding hydrogens is 214 g/mol. The highest BCUT2D eigenvalue weighted by Gasteiger charge is 2.51. The number of phenolic OH excluding ortho intramolecular Hbond substituents is 1. The maximum absolute atomic E-state index is 10.4. The van der Waals surface area contributed by atoms with Crippen molar-refractivity contribution in [2.24, 2.45) is 5.73 Å². The first kappa shape index (κ1) is 10.9. The number of benzene rings is 1. The van der Waals surface area contributed by atoms with Gasteiger partial charge in [-0.25, -0.2) is 0 Å². The number of aryl methyl sites for hydroxylation is 1. The molecule has 0 amide bonds. The Morgan fingerprint density at radius 2 is 2.18 bits per heavy atom. The third-order valence-corrected chi connectivity index (χ3v) is 4.32. The van der Waals surface area contributed by atoms with Gasteiger partial charge in [-0.05, 0) is 38.3 Å². The monoisotopic (exact) mass is 233 g/mol. The van der Waals surface area contributed by atoms with Crippen LogP contribution in [-0.2, 0) is 11.8 Å². The largest absolute Gasteiger partial charge is 0.507 e. The lowest BCUT2D eigenvalue weighted by Gasteiger charge is -2.24. The highest BCUT2D eigenvalue weighted by Crippen LogP contribution is 2.56. The van der Waals surface area contributed by atoms with Crippen molar-refractivity contribution in [3.8, 4) is 11.5 Å². The highest BCUT2D eigenvalue weighted by atomic mass is 16.5. The summed E-state index contributed by atoms with van der Waals surface area (Å²) in [7, 11) is 0. The molecule has 0 aromatic heterocycles. The van der Waals surface area contributed by atoms with Crippen LogP contribution in [0.15, 0.2) is 6.07 Å². The van der Waals surface area contributed by atoms with E-state index >= 15 is 0 Å². The fourth-order valence-electron chi connectivity index (χ4n) is 3.06. The van der Waals surface area contributed by atoms with E-state index in [1.807, 2.05) is 19.9 Å². The number of aromatic hydroxyl groups is 1. The van der Waals surface area contributed by atoms with Gasteiger partial charge in [-0.1, -0.05) is 0 Å². The molecule has 3 heteroatoms. The first-order chi connectivity index (χ1) is 8.06. The lowest BCUT2D eigenvalue weighted by atomic mass is 9.83. The van der Waals surface area contributed by atoms with Crippen LogP contribution in [0.5, 0.6) is 11.5 Å². The Morgan fingerprint density at radius 1 is 1.47 bits per heavy atom. The zero-order chi connectivity index (χ0) is 12.2. The van der Waals surface area contributed by atoms with Gasteiger partial charge in [0.2, 0.25) is 0 Å². The molecule has 1 heterocycles. The van der Waals surface area contributed by atoms with Gasteiger partial charge in [0.15, 0.2) is 0 Å². The third-order valence-electron chi connectivity index (χ3n) is 4.32. The highest BCUT2D eigenvalue weighted by molar-refractivity contribution is 5.59. The van der Waals surface area contributed by atoms with E-state index in [0.717, 1.165) is 42.7 Å². The first-order valence-electron chi connectivity index (χ1n) is 6.30. The fourth-order valence-corrected chi connectivity index (χ4v) is 3.06. The maximum atomic E-state index is 10.4. The second-order valence-corrected chi connectivity index (χ2v) is 5.44. The fraction of sp³-hybridized carbons (Fsp3) is 0.571. The molecular formula is C14H19NO2. The van der Waals surface area contributed by atoms with Crippen molar-refractivity contribution in [2.75, 3.05) is 6.61 Å². The van der Waals surface area contributed by atoms with Crippen LogP contribution in [0.1, 0.15) is 36.5 Å². The topological polar surface area (TPSA) is 55.5 Å². The van der Waals surface area contributed by atoms with Gasteiger partial charge in [0, 0.05) is 29.0 Å². The maximum Gasteiger partial charge on any atom is 0.123 e. The zero-order valence-corrected chi connectivity index (χ0v) is 10.4. The SMILES string of the molecule is Cc1cc2c(c(C3(C(C)N)CC3)c1O)CCO2. The zero-order valence-electron chi connectivity index (χ0n) is 10.4. The summed E-state index contributed by atoms with van der Waals surface area (Å²) < 4.78 is 5.63. The molecule has 0 saturated heterocycles. The molecule has 3 N–H and O–H groups in total. The predicted octanol–water partition coefficient (Wildman–Crippen LogP) is 2.01. The molecule has 1 fully saturated rings. The molecule has 1 aliphatic heterocycles. The van der Waals surface area contributed by atoms with Crippen LogP contribution < -0.4 is 10.5 Å². The molecule has 3 rings (SSSR count). The summed E-state index contributed by atoms with van der Waals surface area (Å²) in [5.41, 5.74) is 9.27. The summed E-state index contributed by atoms with van der Waals surface area (Å²) in [6.07, 6.45) is 3.05. The van der Waals surface area contributed by atoms with Gasteiger partial charge in [0.1, 0.15) is 11.5 Å². The summed E-state index contributed by atoms with van der Waals surface area (Å²) in [6, 6.07) is 2.03. The molecule has 1 atom stereocenters. The van der Waals surface area contributed by atoms with Gasteiger partial charge in [-0.15, -0.1) is 0 Å². The van der Waals surface area contributed by atoms with Crippen molar-refractivity contribution >= 4 is 0 Å². The lowest BCUT2D eigenvalue weighted by molar-refractivity contribution is 0.356. The van der Waals surface area contributed by atoms with Crippen LogP contribution in [0.25, 0.3) is 0 Å². The summed E-state index contributed by atoms with van der Waals surface area (Å²) in [5, 5.41) is 10.4. The molecule has 0 spiro atoms. The van der Waals surface area contributed by atoms with Gasteiger partial charge in [-0.2, -0.15) is 0 Å². The molecule has 92 valence electrons. The van der Waals surface area contributed by atoms with Crippen LogP contribution in [-0.4, -0.2) is 17.8 Å². The number of nitrogens with two attached hydrogens (primary N) is 1. The Labute approximate surface area is 102 Å². The van der Waals surface area contributed by atoms with E-state index in [4.69, 9.17) is 10.5 Å². The number of rotatable bonds is 2. The number of fused-ring (bicyclic) bond motifs is 1. The van der Waals surface area contributed by atoms with E-state index in [9.17, 15) is 5.11 Å². The van der Waals surface area contributed by atoms with Crippen molar-refractivity contribution < 1.29 is 9.84 Å². The molecule has 3 nitrogen and oxygen atoms in total. The van der Waals surface area contributed by atoms with Crippen LogP contribution in [0.3, 0.4) is 0 Å². The summed E-state index contributed by atoms with van der Waals surface area (Å²) in [6.45, 7) is 4.69. The van der Waals surface area contributed by atoms with Gasteiger partial charge < -0.3 is 15.6 Å². The molecule has 1 saturated carbocycles. The summed E-state index contributed by atoms with van der Waals surface area (Å²) in [5.74, 6) is 1.38. The molecule has 17 heavy (non-hydrogen) atoms. The van der Waals surface area contributed by atoms with E-state index in [-0.39, 0.29) is 11.5 Å². The van der Waals surface area contributed by atoms with Gasteiger partial charge >= 0.3 is 0 Å². The molecule has 1 unspecified atom stereocenters. The van der Waals surface area contributed by atoms with Crippen LogP contribution in [0.2, 0.25) is 0 Å². The van der Waals surface area contributed by atoms with Crippen LogP contribution in [0, 0.1) is 6.92 Å². The number of hydrogen-bond acceptors (Lipinski definition) is 3. The molecule has 1 aliphatic carbocycles. The molecule has 1 aromatic rings. The van der Waals surface area contributed by atoms with Gasteiger partial charge in [0.25, 0.3) is 0 Å². The number of hydrogen-bond donors (Lipinski definition) is 2. The van der Waals surface area contributed by atoms with Crippen molar-refractivity contribution in [3.05, 3.63) is 22.8 Å². The Hall–Kier alpha value is -1.22. The standard InChI is InChI=1S/C14H19NO2/c1-8-7-11-10(3-6-17-11)12(13(8)16)14(4-5-14)9(2)15/h7,9,16H,3-6,15H2,1-2H3. The van der Waals surface area contributed by atoms with E-state index in [2.05, 4.69) is 0 Å². The third kappa shape index (κ3) is 1.38. The average molecular weight is 233 g/mol. The number of phenols is 1. The average Bonchev–Trinajstić information content (AvgIpc) is 2.95. The number of ether oxygens (including phenoxy) is 1. The first-order valence-corrected chi connectivity index (χ1v) is 6.30. The minimum atomic E-state index is -0.00606. The van der Waals surface area contributed by atoms with E-state index in [1.165, 1.54) is 5.56 Å². The Kier molecular flexibility index (Phi) is 2.17. The van der Waals surface area contributed by atoms with Crippen molar-refractivity contribution in [3.63, 3.8) is 0 Å². The Bertz CT molecular complexity index is 476. The van der Waals surface area contributed by atoms with E-state index < -0.39 is 0 Å². The quantitative estimate of drug-likeness (QED) is 0.821. The summed E-state index contributed by atoms with van der Waals surface area (Å²) in [4.78, 5) is 0. The van der Waals surface area contributed by atoms with Crippen LogP contribution >= 0.6 is 0 Å². The minimum Gasteiger partial charge on any atom is -0.507 e. The van der Waals surface area contributed by atoms with Crippen molar-refractivity contribution in [2.45, 2.75) is 44.6 Å². The van der Waals surface area contributed by atoms with Crippen molar-refractivity contribution in [1.82, 2.24) is 0 Å². The molecule has 1 aromatic carbocycles. The Balaban J connectivity index is 2.22. The predicted molar refractivity (Wildman–Crippen MR) is 66.6 cm³/mol. The molecule has 0 bridgehead atoms. The Morgan fingerprint density at radius 3 is 2.76 bits per heavy atom. The van der Waals surface area contributed by atoms with Crippen LogP contribution in [0.4, 0.5) is 0 Å². The van der Waals surface area contributed by atoms with E-state index in [0.29, 0.717) is 5.75 Å². The minimum absolute atomic E-state index is 0.00606. The molecule has 2 aliphatic rings. The smallest absolute Gasteiger partial charge is 0.123 e. The lowest BCUT2D eigenvalue weighted by Crippen LogP contribution is -2.32. The van der Waals surface area contributed by atoms with Gasteiger partial charge in [-0.3, -0.25) is 0 Å². The second kappa shape index (κ2) is 3.39. The normalized spacial score (nSPS) is 21.8. The second-order valence-electron chi connectivity index (χ2n) is 5.44. The summed E-state index contributed by atoms with van der Waals surface area (Å²) >= 11 is 0.